The van der Waals surface area contributed by atoms with Gasteiger partial charge < -0.3 is 24.8 Å². The molecule has 0 spiro atoms. The smallest absolute Gasteiger partial charge is 0.322 e. The largest absolute Gasteiger partial charge is 0.488 e. The number of ether oxygens (including phenoxy) is 2. The monoisotopic (exact) mass is 340 g/mol. The number of hydrogen-bond donors (Lipinski definition) is 2. The quantitative estimate of drug-likeness (QED) is 0.781. The number of amides is 2. The number of halogens is 1. The van der Waals surface area contributed by atoms with E-state index in [1.54, 1.807) is 18.1 Å². The maximum Gasteiger partial charge on any atom is 0.322 e. The zero-order chi connectivity index (χ0) is 17.5. The number of benzene rings is 1. The molecule has 0 aromatic heterocycles. The Hall–Kier alpha value is -1.86. The van der Waals surface area contributed by atoms with Gasteiger partial charge in [0.2, 0.25) is 0 Å². The fourth-order valence-electron chi connectivity index (χ4n) is 2.74. The Balaban J connectivity index is 1.97. The van der Waals surface area contributed by atoms with Crippen LogP contribution in [0.2, 0.25) is 0 Å². The van der Waals surface area contributed by atoms with E-state index in [0.29, 0.717) is 18.8 Å². The van der Waals surface area contributed by atoms with Crippen molar-refractivity contribution in [2.24, 2.45) is 5.92 Å². The lowest BCUT2D eigenvalue weighted by atomic mass is 9.94. The summed E-state index contributed by atoms with van der Waals surface area (Å²) in [4.78, 5) is 14.1. The summed E-state index contributed by atoms with van der Waals surface area (Å²) in [6, 6.07) is 4.12. The summed E-state index contributed by atoms with van der Waals surface area (Å²) in [6.07, 6.45) is 1.75. The van der Waals surface area contributed by atoms with E-state index in [1.165, 1.54) is 12.1 Å². The molecule has 2 amide bonds. The van der Waals surface area contributed by atoms with Gasteiger partial charge in [-0.15, -0.1) is 0 Å². The molecule has 0 unspecified atom stereocenters. The summed E-state index contributed by atoms with van der Waals surface area (Å²) in [5, 5.41) is 12.0. The second-order valence-corrected chi connectivity index (χ2v) is 6.04. The molecule has 6 nitrogen and oxygen atoms in total. The average Bonchev–Trinajstić information content (AvgIpc) is 2.57. The molecule has 0 radical (unpaired) electrons. The minimum absolute atomic E-state index is 0.0681. The van der Waals surface area contributed by atoms with Crippen LogP contribution in [0.1, 0.15) is 19.8 Å². The van der Waals surface area contributed by atoms with Crippen molar-refractivity contribution in [2.45, 2.75) is 25.8 Å². The van der Waals surface area contributed by atoms with Crippen LogP contribution < -0.4 is 10.1 Å². The van der Waals surface area contributed by atoms with Gasteiger partial charge in [0.25, 0.3) is 0 Å². The van der Waals surface area contributed by atoms with Crippen LogP contribution in [0.25, 0.3) is 0 Å². The number of nitrogens with one attached hydrogen (secondary N) is 1. The summed E-state index contributed by atoms with van der Waals surface area (Å²) in [6.45, 7) is 3.17. The number of anilines is 1. The third-order valence-electron chi connectivity index (χ3n) is 4.23. The van der Waals surface area contributed by atoms with Crippen molar-refractivity contribution in [2.75, 3.05) is 38.8 Å². The van der Waals surface area contributed by atoms with Gasteiger partial charge in [-0.2, -0.15) is 0 Å². The van der Waals surface area contributed by atoms with Crippen molar-refractivity contribution < 1.29 is 23.8 Å². The van der Waals surface area contributed by atoms with Crippen LogP contribution in [0, 0.1) is 11.7 Å². The molecule has 134 valence electrons. The summed E-state index contributed by atoms with van der Waals surface area (Å²) >= 11 is 0. The van der Waals surface area contributed by atoms with Gasteiger partial charge in [-0.05, 0) is 37.8 Å². The molecule has 7 heteroatoms. The van der Waals surface area contributed by atoms with E-state index in [9.17, 15) is 14.3 Å². The van der Waals surface area contributed by atoms with Crippen LogP contribution in [0.15, 0.2) is 18.2 Å². The van der Waals surface area contributed by atoms with Gasteiger partial charge in [0.1, 0.15) is 6.61 Å². The molecular weight excluding hydrogens is 315 g/mol. The number of carbonyl (C=O) groups is 1. The number of carbonyl (C=O) groups excluding carboxylic acids is 1. The molecular formula is C17H25FN2O4. The number of urea groups is 1. The first-order chi connectivity index (χ1) is 11.5. The Morgan fingerprint density at radius 2 is 2.21 bits per heavy atom. The van der Waals surface area contributed by atoms with Gasteiger partial charge in [-0.1, -0.05) is 0 Å². The Labute approximate surface area is 141 Å². The zero-order valence-electron chi connectivity index (χ0n) is 14.1. The summed E-state index contributed by atoms with van der Waals surface area (Å²) in [5.74, 6) is -0.319. The first kappa shape index (κ1) is 18.5. The molecule has 0 aliphatic carbocycles. The molecule has 1 aromatic carbocycles. The van der Waals surface area contributed by atoms with Crippen molar-refractivity contribution in [3.05, 3.63) is 24.0 Å². The van der Waals surface area contributed by atoms with Crippen molar-refractivity contribution in [3.63, 3.8) is 0 Å². The molecule has 0 saturated carbocycles. The fourth-order valence-corrected chi connectivity index (χ4v) is 2.74. The molecule has 1 aliphatic rings. The number of piperidine rings is 1. The number of methoxy groups -OCH3 is 1. The van der Waals surface area contributed by atoms with E-state index in [-0.39, 0.29) is 37.0 Å². The SMILES string of the molecule is COCCOc1ccc(NC(=O)N2C[C@H](CO)CC[C@@H]2C)cc1F. The highest BCUT2D eigenvalue weighted by Crippen LogP contribution is 2.24. The lowest BCUT2D eigenvalue weighted by Crippen LogP contribution is -2.48. The zero-order valence-corrected chi connectivity index (χ0v) is 14.1. The van der Waals surface area contributed by atoms with E-state index in [2.05, 4.69) is 5.32 Å². The third kappa shape index (κ3) is 4.82. The minimum atomic E-state index is -0.538. The van der Waals surface area contributed by atoms with E-state index < -0.39 is 5.82 Å². The molecule has 1 fully saturated rings. The van der Waals surface area contributed by atoms with Gasteiger partial charge in [0, 0.05) is 38.1 Å². The van der Waals surface area contributed by atoms with Crippen LogP contribution in [0.5, 0.6) is 5.75 Å². The fraction of sp³-hybridized carbons (Fsp3) is 0.588. The lowest BCUT2D eigenvalue weighted by Gasteiger charge is -2.37. The first-order valence-electron chi connectivity index (χ1n) is 8.15. The molecule has 2 N–H and O–H groups in total. The third-order valence-corrected chi connectivity index (χ3v) is 4.23. The van der Waals surface area contributed by atoms with Crippen molar-refractivity contribution >= 4 is 11.7 Å². The van der Waals surface area contributed by atoms with Crippen molar-refractivity contribution in [3.8, 4) is 5.75 Å². The molecule has 1 heterocycles. The molecule has 1 aliphatic heterocycles. The van der Waals surface area contributed by atoms with Crippen LogP contribution in [0.3, 0.4) is 0 Å². The predicted molar refractivity (Wildman–Crippen MR) is 88.8 cm³/mol. The number of hydrogen-bond acceptors (Lipinski definition) is 4. The van der Waals surface area contributed by atoms with Gasteiger partial charge in [-0.25, -0.2) is 9.18 Å². The average molecular weight is 340 g/mol. The second kappa shape index (κ2) is 8.84. The molecule has 2 atom stereocenters. The second-order valence-electron chi connectivity index (χ2n) is 6.04. The maximum absolute atomic E-state index is 14.0. The molecule has 24 heavy (non-hydrogen) atoms. The Morgan fingerprint density at radius 3 is 2.88 bits per heavy atom. The van der Waals surface area contributed by atoms with Crippen LogP contribution in [-0.4, -0.2) is 55.6 Å². The molecule has 2 rings (SSSR count). The number of likely N-dealkylation sites (tertiary alicyclic amines) is 1. The normalized spacial score (nSPS) is 20.8. The number of rotatable bonds is 6. The number of aliphatic hydroxyl groups excluding tert-OH is 1. The summed E-state index contributed by atoms with van der Waals surface area (Å²) < 4.78 is 24.1. The van der Waals surface area contributed by atoms with Crippen LogP contribution >= 0.6 is 0 Å². The van der Waals surface area contributed by atoms with Gasteiger partial charge in [0.05, 0.1) is 6.61 Å². The van der Waals surface area contributed by atoms with E-state index >= 15 is 0 Å². The highest BCUT2D eigenvalue weighted by molar-refractivity contribution is 5.89. The molecule has 1 aromatic rings. The Morgan fingerprint density at radius 1 is 1.42 bits per heavy atom. The van der Waals surface area contributed by atoms with E-state index in [4.69, 9.17) is 9.47 Å². The Bertz CT molecular complexity index is 555. The highest BCUT2D eigenvalue weighted by Gasteiger charge is 2.28. The van der Waals surface area contributed by atoms with Crippen molar-refractivity contribution in [1.82, 2.24) is 4.90 Å². The van der Waals surface area contributed by atoms with Gasteiger partial charge in [-0.3, -0.25) is 0 Å². The lowest BCUT2D eigenvalue weighted by molar-refractivity contribution is 0.107. The number of nitrogens with zero attached hydrogens (tertiary/aromatic N) is 1. The Kier molecular flexibility index (Phi) is 6.81. The standard InChI is InChI=1S/C17H25FN2O4/c1-12-3-4-13(11-21)10-20(12)17(22)19-14-5-6-16(15(18)9-14)24-8-7-23-2/h5-6,9,12-13,21H,3-4,7-8,10-11H2,1-2H3,(H,19,22)/t12-,13+/m0/s1. The topological polar surface area (TPSA) is 71.0 Å². The predicted octanol–water partition coefficient (Wildman–Crippen LogP) is 2.48. The van der Waals surface area contributed by atoms with Gasteiger partial charge >= 0.3 is 6.03 Å². The van der Waals surface area contributed by atoms with Gasteiger partial charge in [0.15, 0.2) is 11.6 Å². The minimum Gasteiger partial charge on any atom is -0.488 e. The summed E-state index contributed by atoms with van der Waals surface area (Å²) in [5.41, 5.74) is 0.370. The first-order valence-corrected chi connectivity index (χ1v) is 8.15. The molecule has 1 saturated heterocycles. The van der Waals surface area contributed by atoms with Crippen LogP contribution in [-0.2, 0) is 4.74 Å². The molecule has 0 bridgehead atoms. The summed E-state index contributed by atoms with van der Waals surface area (Å²) in [7, 11) is 1.54. The van der Waals surface area contributed by atoms with Crippen LogP contribution in [0.4, 0.5) is 14.9 Å². The van der Waals surface area contributed by atoms with E-state index in [1.807, 2.05) is 6.92 Å². The van der Waals surface area contributed by atoms with Crippen molar-refractivity contribution in [1.29, 1.82) is 0 Å². The highest BCUT2D eigenvalue weighted by atomic mass is 19.1. The van der Waals surface area contributed by atoms with E-state index in [0.717, 1.165) is 12.8 Å². The maximum atomic E-state index is 14.0. The number of aliphatic hydroxyl groups is 1.